The molecule has 0 aliphatic heterocycles. The van der Waals surface area contributed by atoms with E-state index < -0.39 is 8.51 Å². The predicted molar refractivity (Wildman–Crippen MR) is 31.3 cm³/mol. The average Bonchev–Trinajstić information content (AvgIpc) is 2.07. The van der Waals surface area contributed by atoms with Gasteiger partial charge in [-0.2, -0.15) is 0 Å². The molecule has 1 rings (SSSR count). The molecule has 1 heterocycles. The smallest absolute Gasteiger partial charge is 0.0919 e. The quantitative estimate of drug-likeness (QED) is 0.477. The first-order valence-corrected chi connectivity index (χ1v) is 3.69. The van der Waals surface area contributed by atoms with Crippen molar-refractivity contribution in [1.82, 2.24) is 9.97 Å². The summed E-state index contributed by atoms with van der Waals surface area (Å²) in [6, 6.07) is 0. The molecule has 0 aromatic carbocycles. The van der Waals surface area contributed by atoms with Gasteiger partial charge in [0.25, 0.3) is 0 Å². The van der Waals surface area contributed by atoms with Gasteiger partial charge in [-0.3, -0.25) is 0 Å². The van der Waals surface area contributed by atoms with Crippen molar-refractivity contribution in [1.29, 1.82) is 0 Å². The summed E-state index contributed by atoms with van der Waals surface area (Å²) in [5.74, 6) is 0. The Hall–Kier alpha value is -0.640. The van der Waals surface area contributed by atoms with Crippen molar-refractivity contribution >= 4 is 8.51 Å². The Morgan fingerprint density at radius 1 is 1.20 bits per heavy atom. The Bertz CT molecular complexity index is 125. The standard InChI is InChI=1S/C3H4N2.F4HP/c1-2-5-3-4-1;1-5(2,3)4/h1-3H,(H,4,5);5H. The number of nitrogens with one attached hydrogen (secondary N) is 1. The fraction of sp³-hybridized carbons (Fsp3) is 0. The zero-order chi connectivity index (χ0) is 8.04. The van der Waals surface area contributed by atoms with Crippen LogP contribution >= 0.6 is 8.51 Å². The van der Waals surface area contributed by atoms with E-state index in [0.29, 0.717) is 0 Å². The van der Waals surface area contributed by atoms with Crippen LogP contribution in [0.2, 0.25) is 0 Å². The van der Waals surface area contributed by atoms with Gasteiger partial charge in [-0.25, -0.2) is 4.98 Å². The number of imidazole rings is 1. The average molecular weight is 176 g/mol. The van der Waals surface area contributed by atoms with Crippen LogP contribution in [0.4, 0.5) is 16.8 Å². The Morgan fingerprint density at radius 3 is 1.80 bits per heavy atom. The van der Waals surface area contributed by atoms with Gasteiger partial charge in [0.15, 0.2) is 0 Å². The van der Waals surface area contributed by atoms with Crippen LogP contribution in [0.1, 0.15) is 0 Å². The maximum Gasteiger partial charge on any atom is 0.0919 e. The van der Waals surface area contributed by atoms with Crippen LogP contribution in [-0.4, -0.2) is 9.97 Å². The maximum absolute atomic E-state index is 9.83. The van der Waals surface area contributed by atoms with Crippen LogP contribution < -0.4 is 0 Å². The van der Waals surface area contributed by atoms with Crippen molar-refractivity contribution in [2.45, 2.75) is 0 Å². The van der Waals surface area contributed by atoms with E-state index in [1.54, 1.807) is 18.7 Å². The minimum Gasteiger partial charge on any atom is -0.351 e. The number of aromatic nitrogens is 2. The maximum atomic E-state index is 9.83. The van der Waals surface area contributed by atoms with Gasteiger partial charge in [0.1, 0.15) is 0 Å². The van der Waals surface area contributed by atoms with Crippen molar-refractivity contribution < 1.29 is 16.8 Å². The first-order valence-electron chi connectivity index (χ1n) is 2.18. The minimum atomic E-state index is -6.61. The molecule has 2 nitrogen and oxygen atoms in total. The van der Waals surface area contributed by atoms with Crippen molar-refractivity contribution in [2.24, 2.45) is 0 Å². The third kappa shape index (κ3) is 15.7. The third-order valence-electron chi connectivity index (χ3n) is 0.406. The van der Waals surface area contributed by atoms with Crippen molar-refractivity contribution in [3.8, 4) is 0 Å². The number of rotatable bonds is 0. The number of hydrogen-bond donors (Lipinski definition) is 1. The number of aromatic amines is 1. The summed E-state index contributed by atoms with van der Waals surface area (Å²) in [4.78, 5) is 6.42. The van der Waals surface area contributed by atoms with Crippen LogP contribution in [0.15, 0.2) is 18.7 Å². The largest absolute Gasteiger partial charge is 0.351 e. The van der Waals surface area contributed by atoms with Crippen LogP contribution in [0.3, 0.4) is 0 Å². The summed E-state index contributed by atoms with van der Waals surface area (Å²) < 4.78 is 39.3. The molecule has 0 spiro atoms. The zero-order valence-electron chi connectivity index (χ0n) is 4.69. The second-order valence-electron chi connectivity index (χ2n) is 1.19. The molecule has 0 aliphatic carbocycles. The Kier molecular flexibility index (Phi) is 3.95. The van der Waals surface area contributed by atoms with Crippen molar-refractivity contribution in [3.05, 3.63) is 18.7 Å². The fourth-order valence-corrected chi connectivity index (χ4v) is 0.215. The molecule has 7 heteroatoms. The molecule has 0 aliphatic rings. The van der Waals surface area contributed by atoms with E-state index in [9.17, 15) is 16.8 Å². The SMILES string of the molecule is F[PH](F)(F)F.c1c[nH]cn1. The number of hydrogen-bond acceptors (Lipinski definition) is 1. The summed E-state index contributed by atoms with van der Waals surface area (Å²) >= 11 is 0. The van der Waals surface area contributed by atoms with E-state index in [1.165, 1.54) is 0 Å². The first-order chi connectivity index (χ1) is 4.50. The van der Waals surface area contributed by atoms with Gasteiger partial charge in [-0.05, 0) is 0 Å². The summed E-state index contributed by atoms with van der Waals surface area (Å²) in [5.41, 5.74) is 0. The van der Waals surface area contributed by atoms with Gasteiger partial charge < -0.3 is 4.98 Å². The molecule has 0 atom stereocenters. The van der Waals surface area contributed by atoms with Gasteiger partial charge in [0, 0.05) is 12.4 Å². The molecule has 60 valence electrons. The van der Waals surface area contributed by atoms with Gasteiger partial charge >= 0.3 is 25.3 Å². The molecule has 0 bridgehead atoms. The molecule has 1 aromatic rings. The second-order valence-corrected chi connectivity index (χ2v) is 2.05. The molecular weight excluding hydrogens is 171 g/mol. The second kappa shape index (κ2) is 4.22. The Labute approximate surface area is 55.1 Å². The predicted octanol–water partition coefficient (Wildman–Crippen LogP) is 2.68. The van der Waals surface area contributed by atoms with E-state index in [2.05, 4.69) is 9.97 Å². The van der Waals surface area contributed by atoms with Gasteiger partial charge in [-0.1, -0.05) is 0 Å². The van der Waals surface area contributed by atoms with E-state index in [4.69, 9.17) is 0 Å². The first kappa shape index (κ1) is 9.36. The number of halogens is 4. The van der Waals surface area contributed by atoms with E-state index in [0.717, 1.165) is 0 Å². The number of nitrogens with zero attached hydrogens (tertiary/aromatic N) is 1. The van der Waals surface area contributed by atoms with Gasteiger partial charge in [-0.15, -0.1) is 0 Å². The topological polar surface area (TPSA) is 28.7 Å². The Morgan fingerprint density at radius 2 is 1.70 bits per heavy atom. The molecule has 0 saturated carbocycles. The van der Waals surface area contributed by atoms with Gasteiger partial charge in [0.05, 0.1) is 6.33 Å². The van der Waals surface area contributed by atoms with Crippen LogP contribution in [0.5, 0.6) is 0 Å². The van der Waals surface area contributed by atoms with E-state index in [1.807, 2.05) is 0 Å². The van der Waals surface area contributed by atoms with E-state index >= 15 is 0 Å². The molecule has 1 N–H and O–H groups in total. The summed E-state index contributed by atoms with van der Waals surface area (Å²) in [5, 5.41) is 0. The molecule has 0 radical (unpaired) electrons. The van der Waals surface area contributed by atoms with Crippen LogP contribution in [0.25, 0.3) is 0 Å². The summed E-state index contributed by atoms with van der Waals surface area (Å²) in [6.45, 7) is 0. The molecule has 0 fully saturated rings. The fourth-order valence-electron chi connectivity index (χ4n) is 0.215. The van der Waals surface area contributed by atoms with Crippen LogP contribution in [0, 0.1) is 0 Å². The Balaban J connectivity index is 0.000000162. The molecule has 0 unspecified atom stereocenters. The zero-order valence-corrected chi connectivity index (χ0v) is 5.69. The summed E-state index contributed by atoms with van der Waals surface area (Å²) in [6.07, 6.45) is 5.08. The normalized spacial score (nSPS) is 11.6. The number of H-pyrrole nitrogens is 1. The molecule has 0 amide bonds. The van der Waals surface area contributed by atoms with E-state index in [-0.39, 0.29) is 0 Å². The van der Waals surface area contributed by atoms with Crippen molar-refractivity contribution in [3.63, 3.8) is 0 Å². The summed E-state index contributed by atoms with van der Waals surface area (Å²) in [7, 11) is -6.61. The van der Waals surface area contributed by atoms with Crippen LogP contribution in [-0.2, 0) is 0 Å². The molecule has 1 aromatic heterocycles. The minimum absolute atomic E-state index is 1.62. The third-order valence-corrected chi connectivity index (χ3v) is 0.406. The van der Waals surface area contributed by atoms with Gasteiger partial charge in [0.2, 0.25) is 0 Å². The monoisotopic (exact) mass is 176 g/mol. The molecule has 10 heavy (non-hydrogen) atoms. The molecular formula is C3H5F4N2P. The van der Waals surface area contributed by atoms with Crippen molar-refractivity contribution in [2.75, 3.05) is 0 Å². The molecule has 0 saturated heterocycles.